The Morgan fingerprint density at radius 1 is 0.805 bits per heavy atom. The van der Waals surface area contributed by atoms with E-state index in [1.165, 1.54) is 0 Å². The van der Waals surface area contributed by atoms with E-state index < -0.39 is 0 Å². The third-order valence-corrected chi connectivity index (χ3v) is 6.76. The van der Waals surface area contributed by atoms with Crippen LogP contribution in [0.1, 0.15) is 71.4 Å². The number of carbonyl (C=O) groups is 2. The van der Waals surface area contributed by atoms with Crippen LogP contribution in [0.3, 0.4) is 0 Å². The Labute approximate surface area is 240 Å². The van der Waals surface area contributed by atoms with Crippen LogP contribution in [-0.4, -0.2) is 43.1 Å². The third-order valence-electron chi connectivity index (χ3n) is 6.76. The summed E-state index contributed by atoms with van der Waals surface area (Å²) in [4.78, 5) is 25.2. The minimum atomic E-state index is -0.372. The lowest BCUT2D eigenvalue weighted by Gasteiger charge is -2.26. The number of ether oxygens (including phenoxy) is 4. The molecule has 1 fully saturated rings. The molecule has 0 spiro atoms. The molecule has 0 bridgehead atoms. The van der Waals surface area contributed by atoms with Crippen LogP contribution in [-0.2, 0) is 16.1 Å². The molecule has 3 aromatic carbocycles. The van der Waals surface area contributed by atoms with Gasteiger partial charge in [0.05, 0.1) is 18.8 Å². The molecule has 41 heavy (non-hydrogen) atoms. The first-order valence-corrected chi connectivity index (χ1v) is 13.9. The molecule has 0 radical (unpaired) electrons. The van der Waals surface area contributed by atoms with E-state index in [9.17, 15) is 9.59 Å². The molecule has 0 aliphatic heterocycles. The molecular weight excluding hydrogens is 522 g/mol. The van der Waals surface area contributed by atoms with Gasteiger partial charge in [-0.05, 0) is 93.6 Å². The van der Waals surface area contributed by atoms with Crippen LogP contribution in [0.25, 0.3) is 0 Å². The monoisotopic (exact) mass is 559 g/mol. The summed E-state index contributed by atoms with van der Waals surface area (Å²) in [7, 11) is 0. The molecule has 0 heterocycles. The van der Waals surface area contributed by atoms with Crippen LogP contribution in [0.4, 0.5) is 0 Å². The van der Waals surface area contributed by atoms with E-state index in [0.717, 1.165) is 31.2 Å². The minimum absolute atomic E-state index is 0.0716. The number of nitrogens with two attached hydrogens (primary N) is 1. The van der Waals surface area contributed by atoms with E-state index in [-0.39, 0.29) is 36.5 Å². The topological polar surface area (TPSA) is 133 Å². The van der Waals surface area contributed by atoms with E-state index in [1.54, 1.807) is 73.7 Å². The van der Waals surface area contributed by atoms with Crippen molar-refractivity contribution >= 4 is 17.8 Å². The predicted molar refractivity (Wildman–Crippen MR) is 156 cm³/mol. The maximum atomic E-state index is 13.2. The molecule has 4 N–H and O–H groups in total. The molecule has 0 saturated heterocycles. The van der Waals surface area contributed by atoms with Crippen LogP contribution in [0, 0.1) is 5.41 Å². The Morgan fingerprint density at radius 3 is 2.10 bits per heavy atom. The highest BCUT2D eigenvalue weighted by molar-refractivity contribution is 5.95. The van der Waals surface area contributed by atoms with Gasteiger partial charge in [-0.25, -0.2) is 4.79 Å². The van der Waals surface area contributed by atoms with Crippen LogP contribution in [0.5, 0.6) is 17.2 Å². The zero-order valence-electron chi connectivity index (χ0n) is 23.5. The Balaban J connectivity index is 1.50. The van der Waals surface area contributed by atoms with Crippen LogP contribution >= 0.6 is 0 Å². The Hall–Kier alpha value is -4.37. The van der Waals surface area contributed by atoms with Gasteiger partial charge >= 0.3 is 5.97 Å². The summed E-state index contributed by atoms with van der Waals surface area (Å²) in [6.07, 6.45) is 3.46. The number of rotatable bonds is 11. The highest BCUT2D eigenvalue weighted by atomic mass is 16.5. The highest BCUT2D eigenvalue weighted by Crippen LogP contribution is 2.29. The molecule has 0 unspecified atom stereocenters. The summed E-state index contributed by atoms with van der Waals surface area (Å²) in [6.45, 7) is 4.55. The van der Waals surface area contributed by atoms with Crippen molar-refractivity contribution in [2.24, 2.45) is 5.73 Å². The number of esters is 1. The van der Waals surface area contributed by atoms with Gasteiger partial charge in [-0.3, -0.25) is 10.2 Å². The standard InChI is InChI=1S/C32H37N3O6/c1-3-38-30(34)22-9-15-27(16-10-22)41-29-18-24(31(36)35-26-13-11-25(33)12-14-26)17-28(19-29)40-20-21-5-7-23(8-6-21)32(37)39-4-2/h5-10,15-19,25-26,34H,3-4,11-14,20,33H2,1-2H3,(H,35,36). The van der Waals surface area contributed by atoms with Crippen molar-refractivity contribution in [3.05, 3.63) is 89.0 Å². The van der Waals surface area contributed by atoms with Gasteiger partial charge in [0, 0.05) is 29.3 Å². The molecule has 9 heteroatoms. The first-order chi connectivity index (χ1) is 19.8. The van der Waals surface area contributed by atoms with E-state index >= 15 is 0 Å². The van der Waals surface area contributed by atoms with Crippen molar-refractivity contribution < 1.29 is 28.5 Å². The summed E-state index contributed by atoms with van der Waals surface area (Å²) in [6, 6.07) is 19.3. The van der Waals surface area contributed by atoms with Gasteiger partial charge in [0.25, 0.3) is 5.91 Å². The second-order valence-corrected chi connectivity index (χ2v) is 9.87. The molecule has 0 atom stereocenters. The lowest BCUT2D eigenvalue weighted by atomic mass is 9.91. The Morgan fingerprint density at radius 2 is 1.44 bits per heavy atom. The number of hydrogen-bond donors (Lipinski definition) is 3. The molecular formula is C32H37N3O6. The van der Waals surface area contributed by atoms with Crippen LogP contribution < -0.4 is 20.5 Å². The van der Waals surface area contributed by atoms with Gasteiger partial charge in [0.1, 0.15) is 23.9 Å². The van der Waals surface area contributed by atoms with E-state index in [0.29, 0.717) is 47.2 Å². The molecule has 1 aliphatic rings. The molecule has 1 amide bonds. The SMILES string of the molecule is CCOC(=N)c1ccc(Oc2cc(OCc3ccc(C(=O)OCC)cc3)cc(C(=O)NC3CCC(N)CC3)c2)cc1. The fraction of sp³-hybridized carbons (Fsp3) is 0.344. The van der Waals surface area contributed by atoms with Gasteiger partial charge in [-0.15, -0.1) is 0 Å². The molecule has 1 aliphatic carbocycles. The first kappa shape index (κ1) is 29.6. The van der Waals surface area contributed by atoms with E-state index in [1.807, 2.05) is 6.92 Å². The first-order valence-electron chi connectivity index (χ1n) is 13.9. The molecule has 9 nitrogen and oxygen atoms in total. The Kier molecular flexibility index (Phi) is 10.3. The number of benzene rings is 3. The minimum Gasteiger partial charge on any atom is -0.489 e. The van der Waals surface area contributed by atoms with E-state index in [4.69, 9.17) is 30.1 Å². The van der Waals surface area contributed by atoms with Gasteiger partial charge in [0.2, 0.25) is 5.90 Å². The van der Waals surface area contributed by atoms with Gasteiger partial charge in [0.15, 0.2) is 0 Å². The van der Waals surface area contributed by atoms with Crippen molar-refractivity contribution in [3.63, 3.8) is 0 Å². The quantitative estimate of drug-likeness (QED) is 0.158. The van der Waals surface area contributed by atoms with Crippen molar-refractivity contribution in [2.45, 2.75) is 58.2 Å². The zero-order chi connectivity index (χ0) is 29.2. The van der Waals surface area contributed by atoms with E-state index in [2.05, 4.69) is 5.32 Å². The van der Waals surface area contributed by atoms with Gasteiger partial charge < -0.3 is 30.0 Å². The van der Waals surface area contributed by atoms with Gasteiger partial charge in [-0.2, -0.15) is 0 Å². The smallest absolute Gasteiger partial charge is 0.338 e. The predicted octanol–water partition coefficient (Wildman–Crippen LogP) is 5.60. The lowest BCUT2D eigenvalue weighted by Crippen LogP contribution is -2.40. The number of hydrogen-bond acceptors (Lipinski definition) is 8. The molecule has 3 aromatic rings. The van der Waals surface area contributed by atoms with Crippen LogP contribution in [0.2, 0.25) is 0 Å². The number of nitrogens with one attached hydrogen (secondary N) is 2. The molecule has 4 rings (SSSR count). The maximum Gasteiger partial charge on any atom is 0.338 e. The largest absolute Gasteiger partial charge is 0.489 e. The average Bonchev–Trinajstić information content (AvgIpc) is 2.98. The normalized spacial score (nSPS) is 16.4. The molecule has 1 saturated carbocycles. The average molecular weight is 560 g/mol. The Bertz CT molecular complexity index is 1330. The summed E-state index contributed by atoms with van der Waals surface area (Å²) in [5.41, 5.74) is 8.39. The molecule has 216 valence electrons. The van der Waals surface area contributed by atoms with Crippen molar-refractivity contribution in [1.29, 1.82) is 5.41 Å². The second kappa shape index (κ2) is 14.3. The summed E-state index contributed by atoms with van der Waals surface area (Å²) < 4.78 is 22.4. The zero-order valence-corrected chi connectivity index (χ0v) is 23.5. The number of carbonyl (C=O) groups excluding carboxylic acids is 2. The van der Waals surface area contributed by atoms with Crippen molar-refractivity contribution in [3.8, 4) is 17.2 Å². The van der Waals surface area contributed by atoms with Gasteiger partial charge in [-0.1, -0.05) is 12.1 Å². The second-order valence-electron chi connectivity index (χ2n) is 9.87. The fourth-order valence-electron chi connectivity index (χ4n) is 4.53. The lowest BCUT2D eigenvalue weighted by molar-refractivity contribution is 0.0526. The fourth-order valence-corrected chi connectivity index (χ4v) is 4.53. The summed E-state index contributed by atoms with van der Waals surface area (Å²) in [5, 5.41) is 11.1. The van der Waals surface area contributed by atoms with Crippen molar-refractivity contribution in [1.82, 2.24) is 5.32 Å². The highest BCUT2D eigenvalue weighted by Gasteiger charge is 2.21. The summed E-state index contributed by atoms with van der Waals surface area (Å²) >= 11 is 0. The summed E-state index contributed by atoms with van der Waals surface area (Å²) in [5.74, 6) is 0.944. The molecule has 0 aromatic heterocycles. The number of amides is 1. The maximum absolute atomic E-state index is 13.2. The van der Waals surface area contributed by atoms with Crippen molar-refractivity contribution in [2.75, 3.05) is 13.2 Å². The third kappa shape index (κ3) is 8.56. The van der Waals surface area contributed by atoms with Crippen LogP contribution in [0.15, 0.2) is 66.7 Å².